The molecular formula is C18H17N3O2S. The van der Waals surface area contributed by atoms with Crippen molar-refractivity contribution in [2.24, 2.45) is 0 Å². The number of benzene rings is 1. The highest BCUT2D eigenvalue weighted by Gasteiger charge is 2.08. The molecule has 0 aliphatic carbocycles. The van der Waals surface area contributed by atoms with Gasteiger partial charge in [-0.3, -0.25) is 9.78 Å². The van der Waals surface area contributed by atoms with Crippen LogP contribution in [0, 0.1) is 0 Å². The number of rotatable bonds is 6. The largest absolute Gasteiger partial charge is 0.497 e. The fraction of sp³-hybridized carbons (Fsp3) is 0.167. The van der Waals surface area contributed by atoms with Crippen LogP contribution < -0.4 is 10.1 Å². The van der Waals surface area contributed by atoms with Crippen LogP contribution in [0.2, 0.25) is 0 Å². The van der Waals surface area contributed by atoms with E-state index >= 15 is 0 Å². The third-order valence-electron chi connectivity index (χ3n) is 3.40. The predicted octanol–water partition coefficient (Wildman–Crippen LogP) is 3.79. The van der Waals surface area contributed by atoms with Crippen LogP contribution in [0.25, 0.3) is 10.7 Å². The minimum atomic E-state index is -0.0457. The Morgan fingerprint density at radius 2 is 2.17 bits per heavy atom. The standard InChI is InChI=1S/C18H17N3O2S/c1-23-15-6-4-5-13(11-15)20-17(22)9-8-14-12-24-18(21-14)16-7-2-3-10-19-16/h2-7,10-12H,8-9H2,1H3,(H,20,22). The highest BCUT2D eigenvalue weighted by molar-refractivity contribution is 7.13. The maximum atomic E-state index is 12.1. The van der Waals surface area contributed by atoms with E-state index < -0.39 is 0 Å². The molecule has 0 atom stereocenters. The molecule has 0 aliphatic rings. The Bertz CT molecular complexity index is 818. The van der Waals surface area contributed by atoms with Crippen molar-refractivity contribution in [3.8, 4) is 16.5 Å². The van der Waals surface area contributed by atoms with Gasteiger partial charge in [0.1, 0.15) is 10.8 Å². The summed E-state index contributed by atoms with van der Waals surface area (Å²) < 4.78 is 5.14. The molecule has 0 saturated carbocycles. The quantitative estimate of drug-likeness (QED) is 0.742. The van der Waals surface area contributed by atoms with Crippen molar-refractivity contribution in [1.29, 1.82) is 0 Å². The van der Waals surface area contributed by atoms with E-state index in [1.807, 2.05) is 41.8 Å². The first-order valence-electron chi connectivity index (χ1n) is 7.54. The second-order valence-corrected chi connectivity index (χ2v) is 6.00. The summed E-state index contributed by atoms with van der Waals surface area (Å²) in [4.78, 5) is 20.9. The molecule has 0 radical (unpaired) electrons. The molecule has 0 spiro atoms. The number of amides is 1. The maximum absolute atomic E-state index is 12.1. The number of methoxy groups -OCH3 is 1. The lowest BCUT2D eigenvalue weighted by Crippen LogP contribution is -2.12. The van der Waals surface area contributed by atoms with Crippen LogP contribution in [0.4, 0.5) is 5.69 Å². The van der Waals surface area contributed by atoms with E-state index in [0.29, 0.717) is 18.6 Å². The van der Waals surface area contributed by atoms with Crippen LogP contribution in [0.3, 0.4) is 0 Å². The van der Waals surface area contributed by atoms with Crippen molar-refractivity contribution < 1.29 is 9.53 Å². The van der Waals surface area contributed by atoms with Crippen LogP contribution in [-0.2, 0) is 11.2 Å². The highest BCUT2D eigenvalue weighted by atomic mass is 32.1. The first kappa shape index (κ1) is 16.1. The van der Waals surface area contributed by atoms with Gasteiger partial charge >= 0.3 is 0 Å². The van der Waals surface area contributed by atoms with Gasteiger partial charge in [-0.25, -0.2) is 4.98 Å². The molecule has 0 bridgehead atoms. The number of carbonyl (C=O) groups is 1. The molecule has 0 unspecified atom stereocenters. The van der Waals surface area contributed by atoms with E-state index in [4.69, 9.17) is 4.74 Å². The molecule has 24 heavy (non-hydrogen) atoms. The van der Waals surface area contributed by atoms with Gasteiger partial charge in [0, 0.05) is 29.8 Å². The minimum Gasteiger partial charge on any atom is -0.497 e. The Labute approximate surface area is 144 Å². The molecular weight excluding hydrogens is 322 g/mol. The Morgan fingerprint density at radius 1 is 1.25 bits per heavy atom. The van der Waals surface area contributed by atoms with Gasteiger partial charge in [-0.1, -0.05) is 12.1 Å². The SMILES string of the molecule is COc1cccc(NC(=O)CCc2csc(-c3ccccn3)n2)c1. The Kier molecular flexibility index (Phi) is 5.18. The molecule has 1 amide bonds. The predicted molar refractivity (Wildman–Crippen MR) is 95.3 cm³/mol. The van der Waals surface area contributed by atoms with Crippen molar-refractivity contribution in [2.75, 3.05) is 12.4 Å². The number of aryl methyl sites for hydroxylation is 1. The molecule has 6 heteroatoms. The average Bonchev–Trinajstić information content (AvgIpc) is 3.10. The van der Waals surface area contributed by atoms with Crippen molar-refractivity contribution >= 4 is 22.9 Å². The average molecular weight is 339 g/mol. The van der Waals surface area contributed by atoms with E-state index in [0.717, 1.165) is 22.1 Å². The summed E-state index contributed by atoms with van der Waals surface area (Å²) in [6.07, 6.45) is 2.72. The fourth-order valence-corrected chi connectivity index (χ4v) is 3.02. The van der Waals surface area contributed by atoms with Gasteiger partial charge in [-0.2, -0.15) is 0 Å². The third-order valence-corrected chi connectivity index (χ3v) is 4.31. The molecule has 122 valence electrons. The van der Waals surface area contributed by atoms with Crippen LogP contribution in [0.5, 0.6) is 5.75 Å². The number of hydrogen-bond acceptors (Lipinski definition) is 5. The van der Waals surface area contributed by atoms with Gasteiger partial charge in [0.05, 0.1) is 18.5 Å². The second-order valence-electron chi connectivity index (χ2n) is 5.14. The Hall–Kier alpha value is -2.73. The molecule has 1 N–H and O–H groups in total. The minimum absolute atomic E-state index is 0.0457. The van der Waals surface area contributed by atoms with Crippen molar-refractivity contribution in [1.82, 2.24) is 9.97 Å². The number of thiazole rings is 1. The molecule has 2 aromatic heterocycles. The summed E-state index contributed by atoms with van der Waals surface area (Å²) in [5.74, 6) is 0.669. The van der Waals surface area contributed by atoms with Crippen molar-refractivity contribution in [2.45, 2.75) is 12.8 Å². The molecule has 3 aromatic rings. The molecule has 1 aromatic carbocycles. The van der Waals surface area contributed by atoms with Gasteiger partial charge in [0.15, 0.2) is 0 Å². The van der Waals surface area contributed by atoms with Gasteiger partial charge in [0.2, 0.25) is 5.91 Å². The van der Waals surface area contributed by atoms with Crippen molar-refractivity contribution in [3.05, 3.63) is 59.7 Å². The van der Waals surface area contributed by atoms with E-state index in [-0.39, 0.29) is 5.91 Å². The maximum Gasteiger partial charge on any atom is 0.224 e. The fourth-order valence-electron chi connectivity index (χ4n) is 2.19. The van der Waals surface area contributed by atoms with Gasteiger partial charge < -0.3 is 10.1 Å². The normalized spacial score (nSPS) is 10.4. The molecule has 3 rings (SSSR count). The summed E-state index contributed by atoms with van der Waals surface area (Å²) >= 11 is 1.54. The summed E-state index contributed by atoms with van der Waals surface area (Å²) in [7, 11) is 1.60. The summed E-state index contributed by atoms with van der Waals surface area (Å²) in [5, 5.41) is 5.72. The topological polar surface area (TPSA) is 64.1 Å². The van der Waals surface area contributed by atoms with Gasteiger partial charge in [-0.15, -0.1) is 11.3 Å². The van der Waals surface area contributed by atoms with Crippen LogP contribution in [-0.4, -0.2) is 23.0 Å². The smallest absolute Gasteiger partial charge is 0.224 e. The van der Waals surface area contributed by atoms with Crippen LogP contribution >= 0.6 is 11.3 Å². The first-order valence-corrected chi connectivity index (χ1v) is 8.42. The zero-order valence-electron chi connectivity index (χ0n) is 13.2. The van der Waals surface area contributed by atoms with Crippen molar-refractivity contribution in [3.63, 3.8) is 0 Å². The monoisotopic (exact) mass is 339 g/mol. The number of ether oxygens (including phenoxy) is 1. The molecule has 2 heterocycles. The Morgan fingerprint density at radius 3 is 2.96 bits per heavy atom. The van der Waals surface area contributed by atoms with E-state index in [1.54, 1.807) is 30.7 Å². The number of aromatic nitrogens is 2. The highest BCUT2D eigenvalue weighted by Crippen LogP contribution is 2.22. The van der Waals surface area contributed by atoms with Crippen LogP contribution in [0.1, 0.15) is 12.1 Å². The van der Waals surface area contributed by atoms with Gasteiger partial charge in [-0.05, 0) is 30.7 Å². The van der Waals surface area contributed by atoms with E-state index in [1.165, 1.54) is 0 Å². The molecule has 0 aliphatic heterocycles. The second kappa shape index (κ2) is 7.70. The molecule has 5 nitrogen and oxygen atoms in total. The summed E-state index contributed by atoms with van der Waals surface area (Å²) in [5.41, 5.74) is 2.49. The van der Waals surface area contributed by atoms with E-state index in [9.17, 15) is 4.79 Å². The number of carbonyl (C=O) groups excluding carboxylic acids is 1. The third kappa shape index (κ3) is 4.17. The lowest BCUT2D eigenvalue weighted by Gasteiger charge is -2.06. The zero-order chi connectivity index (χ0) is 16.8. The lowest BCUT2D eigenvalue weighted by atomic mass is 10.2. The molecule has 0 saturated heterocycles. The molecule has 0 fully saturated rings. The Balaban J connectivity index is 1.56. The number of nitrogens with one attached hydrogen (secondary N) is 1. The van der Waals surface area contributed by atoms with E-state index in [2.05, 4.69) is 15.3 Å². The lowest BCUT2D eigenvalue weighted by molar-refractivity contribution is -0.116. The number of nitrogens with zero attached hydrogens (tertiary/aromatic N) is 2. The number of anilines is 1. The number of hydrogen-bond donors (Lipinski definition) is 1. The van der Waals surface area contributed by atoms with Crippen LogP contribution in [0.15, 0.2) is 54.0 Å². The summed E-state index contributed by atoms with van der Waals surface area (Å²) in [6, 6.07) is 13.0. The first-order chi connectivity index (χ1) is 11.7. The zero-order valence-corrected chi connectivity index (χ0v) is 14.0. The van der Waals surface area contributed by atoms with Gasteiger partial charge in [0.25, 0.3) is 0 Å². The number of pyridine rings is 1. The summed E-state index contributed by atoms with van der Waals surface area (Å²) in [6.45, 7) is 0.